The lowest BCUT2D eigenvalue weighted by molar-refractivity contribution is 0.0995. The second-order valence-corrected chi connectivity index (χ2v) is 7.03. The monoisotopic (exact) mass is 377 g/mol. The fourth-order valence-corrected chi connectivity index (χ4v) is 3.34. The van der Waals surface area contributed by atoms with E-state index in [9.17, 15) is 4.79 Å². The van der Waals surface area contributed by atoms with Crippen LogP contribution in [0.15, 0.2) is 53.5 Å². The van der Waals surface area contributed by atoms with E-state index in [0.29, 0.717) is 23.9 Å². The lowest BCUT2D eigenvalue weighted by Gasteiger charge is -2.08. The fourth-order valence-electron chi connectivity index (χ4n) is 3.34. The second kappa shape index (κ2) is 7.34. The number of nitrogens with zero attached hydrogens (tertiary/aromatic N) is 4. The summed E-state index contributed by atoms with van der Waals surface area (Å²) in [4.78, 5) is 21.3. The minimum absolute atomic E-state index is 0.275. The molecule has 1 N–H and O–H groups in total. The molecular formula is C21H23N5O2. The maximum atomic E-state index is 12.6. The number of aryl methyl sites for hydroxylation is 1. The van der Waals surface area contributed by atoms with E-state index >= 15 is 0 Å². The highest BCUT2D eigenvalue weighted by atomic mass is 16.4. The average Bonchev–Trinajstić information content (AvgIpc) is 3.41. The summed E-state index contributed by atoms with van der Waals surface area (Å²) in [6.07, 6.45) is 5.26. The molecule has 1 aromatic carbocycles. The first-order chi connectivity index (χ1) is 13.5. The van der Waals surface area contributed by atoms with Gasteiger partial charge < -0.3 is 18.9 Å². The van der Waals surface area contributed by atoms with Crippen molar-refractivity contribution in [1.82, 2.24) is 19.1 Å². The van der Waals surface area contributed by atoms with Gasteiger partial charge in [-0.3, -0.25) is 4.79 Å². The van der Waals surface area contributed by atoms with E-state index in [1.807, 2.05) is 29.0 Å². The van der Waals surface area contributed by atoms with E-state index in [-0.39, 0.29) is 11.7 Å². The molecule has 7 nitrogen and oxygen atoms in total. The third kappa shape index (κ3) is 3.43. The molecule has 7 heteroatoms. The van der Waals surface area contributed by atoms with Crippen LogP contribution in [0.5, 0.6) is 0 Å². The quantitative estimate of drug-likeness (QED) is 0.544. The molecule has 4 rings (SSSR count). The third-order valence-electron chi connectivity index (χ3n) is 4.65. The predicted molar refractivity (Wildman–Crippen MR) is 107 cm³/mol. The molecular weight excluding hydrogens is 354 g/mol. The molecule has 0 fully saturated rings. The van der Waals surface area contributed by atoms with Crippen LogP contribution < -0.4 is 5.32 Å². The third-order valence-corrected chi connectivity index (χ3v) is 4.65. The van der Waals surface area contributed by atoms with E-state index < -0.39 is 0 Å². The van der Waals surface area contributed by atoms with Gasteiger partial charge in [-0.25, -0.2) is 9.97 Å². The largest absolute Gasteiger partial charge is 0.454 e. The van der Waals surface area contributed by atoms with Crippen molar-refractivity contribution in [2.75, 3.05) is 5.32 Å². The molecule has 4 aromatic rings. The molecule has 0 radical (unpaired) electrons. The zero-order chi connectivity index (χ0) is 19.7. The van der Waals surface area contributed by atoms with Gasteiger partial charge in [0, 0.05) is 30.5 Å². The summed E-state index contributed by atoms with van der Waals surface area (Å²) in [7, 11) is 0. The highest BCUT2D eigenvalue weighted by molar-refractivity contribution is 6.03. The predicted octanol–water partition coefficient (Wildman–Crippen LogP) is 4.27. The van der Waals surface area contributed by atoms with Crippen molar-refractivity contribution < 1.29 is 9.21 Å². The Balaban J connectivity index is 1.53. The van der Waals surface area contributed by atoms with Crippen molar-refractivity contribution in [3.8, 4) is 0 Å². The van der Waals surface area contributed by atoms with Crippen molar-refractivity contribution in [3.63, 3.8) is 0 Å². The maximum Gasteiger partial charge on any atom is 0.291 e. The van der Waals surface area contributed by atoms with Crippen LogP contribution in [0.3, 0.4) is 0 Å². The van der Waals surface area contributed by atoms with E-state index in [2.05, 4.69) is 35.6 Å². The summed E-state index contributed by atoms with van der Waals surface area (Å²) in [6, 6.07) is 9.28. The summed E-state index contributed by atoms with van der Waals surface area (Å²) in [5.41, 5.74) is 2.65. The first-order valence-corrected chi connectivity index (χ1v) is 9.41. The van der Waals surface area contributed by atoms with Crippen molar-refractivity contribution in [1.29, 1.82) is 0 Å². The molecule has 0 aliphatic carbocycles. The van der Waals surface area contributed by atoms with Crippen LogP contribution in [-0.2, 0) is 13.1 Å². The Hall–Kier alpha value is -3.35. The number of nitrogens with one attached hydrogen (secondary N) is 1. The highest BCUT2D eigenvalue weighted by Gasteiger charge is 2.15. The van der Waals surface area contributed by atoms with Gasteiger partial charge in [0.2, 0.25) is 0 Å². The molecule has 0 bridgehead atoms. The van der Waals surface area contributed by atoms with Crippen molar-refractivity contribution in [2.45, 2.75) is 39.8 Å². The summed E-state index contributed by atoms with van der Waals surface area (Å²) in [5.74, 6) is 2.08. The maximum absolute atomic E-state index is 12.6. The van der Waals surface area contributed by atoms with Crippen LogP contribution in [0.4, 0.5) is 5.69 Å². The van der Waals surface area contributed by atoms with E-state index in [0.717, 1.165) is 23.4 Å². The SMILES string of the molecule is CCn1c(C(C)C)nc2cc(NC(=O)c3ccc(Cn4ccnc4)o3)ccc21. The van der Waals surface area contributed by atoms with Crippen molar-refractivity contribution in [2.24, 2.45) is 0 Å². The van der Waals surface area contributed by atoms with Crippen LogP contribution in [0.25, 0.3) is 11.0 Å². The number of carbonyl (C=O) groups excluding carboxylic acids is 1. The number of imidazole rings is 2. The number of benzene rings is 1. The number of hydrogen-bond donors (Lipinski definition) is 1. The number of anilines is 1. The fraction of sp³-hybridized carbons (Fsp3) is 0.286. The number of hydrogen-bond acceptors (Lipinski definition) is 4. The Morgan fingerprint density at radius 2 is 2.11 bits per heavy atom. The Kier molecular flexibility index (Phi) is 4.73. The Bertz CT molecular complexity index is 1110. The molecule has 3 heterocycles. The van der Waals surface area contributed by atoms with E-state index in [1.54, 1.807) is 24.7 Å². The minimum Gasteiger partial charge on any atom is -0.454 e. The number of furan rings is 1. The van der Waals surface area contributed by atoms with E-state index in [4.69, 9.17) is 9.40 Å². The normalized spacial score (nSPS) is 11.4. The number of carbonyl (C=O) groups is 1. The van der Waals surface area contributed by atoms with Crippen molar-refractivity contribution >= 4 is 22.6 Å². The summed E-state index contributed by atoms with van der Waals surface area (Å²) in [5, 5.41) is 2.90. The summed E-state index contributed by atoms with van der Waals surface area (Å²) in [6.45, 7) is 7.77. The van der Waals surface area contributed by atoms with E-state index in [1.165, 1.54) is 0 Å². The van der Waals surface area contributed by atoms with Gasteiger partial charge in [0.05, 0.1) is 23.9 Å². The number of aromatic nitrogens is 4. The number of rotatable bonds is 6. The first-order valence-electron chi connectivity index (χ1n) is 9.41. The molecule has 0 spiro atoms. The first kappa shape index (κ1) is 18.0. The Labute approximate surface area is 163 Å². The van der Waals surface area contributed by atoms with Gasteiger partial charge in [0.1, 0.15) is 11.6 Å². The zero-order valence-electron chi connectivity index (χ0n) is 16.2. The molecule has 0 aliphatic heterocycles. The lowest BCUT2D eigenvalue weighted by atomic mass is 10.2. The highest BCUT2D eigenvalue weighted by Crippen LogP contribution is 2.25. The molecule has 0 atom stereocenters. The summed E-state index contributed by atoms with van der Waals surface area (Å²) < 4.78 is 9.76. The average molecular weight is 377 g/mol. The second-order valence-electron chi connectivity index (χ2n) is 7.03. The molecule has 0 aliphatic rings. The smallest absolute Gasteiger partial charge is 0.291 e. The van der Waals surface area contributed by atoms with Crippen LogP contribution >= 0.6 is 0 Å². The Morgan fingerprint density at radius 1 is 1.25 bits per heavy atom. The molecule has 0 saturated heterocycles. The number of fused-ring (bicyclic) bond motifs is 1. The standard InChI is InChI=1S/C21H23N5O2/c1-4-26-18-7-5-15(11-17(18)24-20(26)14(2)3)23-21(27)19-8-6-16(28-19)12-25-10-9-22-13-25/h5-11,13-14H,4,12H2,1-3H3,(H,23,27). The molecule has 28 heavy (non-hydrogen) atoms. The number of amides is 1. The van der Waals surface area contributed by atoms with Crippen LogP contribution in [-0.4, -0.2) is 25.0 Å². The van der Waals surface area contributed by atoms with Gasteiger partial charge in [0.25, 0.3) is 5.91 Å². The molecule has 3 aromatic heterocycles. The zero-order valence-corrected chi connectivity index (χ0v) is 16.2. The van der Waals surface area contributed by atoms with Gasteiger partial charge in [-0.05, 0) is 37.3 Å². The topological polar surface area (TPSA) is 77.9 Å². The van der Waals surface area contributed by atoms with Gasteiger partial charge in [0.15, 0.2) is 5.76 Å². The molecule has 1 amide bonds. The van der Waals surface area contributed by atoms with Crippen molar-refractivity contribution in [3.05, 3.63) is 66.4 Å². The van der Waals surface area contributed by atoms with Gasteiger partial charge in [-0.15, -0.1) is 0 Å². The Morgan fingerprint density at radius 3 is 2.82 bits per heavy atom. The molecule has 0 saturated carbocycles. The lowest BCUT2D eigenvalue weighted by Crippen LogP contribution is -2.10. The van der Waals surface area contributed by atoms with Crippen LogP contribution in [0, 0.1) is 0 Å². The van der Waals surface area contributed by atoms with Crippen LogP contribution in [0.2, 0.25) is 0 Å². The summed E-state index contributed by atoms with van der Waals surface area (Å²) >= 11 is 0. The molecule has 0 unspecified atom stereocenters. The van der Waals surface area contributed by atoms with Crippen LogP contribution in [0.1, 0.15) is 48.8 Å². The molecule has 144 valence electrons. The van der Waals surface area contributed by atoms with Gasteiger partial charge >= 0.3 is 0 Å². The van der Waals surface area contributed by atoms with Gasteiger partial charge in [-0.2, -0.15) is 0 Å². The minimum atomic E-state index is -0.282. The van der Waals surface area contributed by atoms with Gasteiger partial charge in [-0.1, -0.05) is 13.8 Å².